The van der Waals surface area contributed by atoms with E-state index in [1.807, 2.05) is 0 Å². The van der Waals surface area contributed by atoms with Gasteiger partial charge >= 0.3 is 12.3 Å². The first-order valence-electron chi connectivity index (χ1n) is 5.48. The molecule has 0 amide bonds. The first kappa shape index (κ1) is 16.0. The number of thiazole rings is 1. The van der Waals surface area contributed by atoms with Crippen LogP contribution in [0.15, 0.2) is 16.6 Å². The van der Waals surface area contributed by atoms with E-state index in [4.69, 9.17) is 0 Å². The Bertz CT molecular complexity index is 740. The fourth-order valence-electron chi connectivity index (χ4n) is 1.52. The Morgan fingerprint density at radius 2 is 2.14 bits per heavy atom. The molecule has 2 N–H and O–H groups in total. The normalized spacial score (nSPS) is 13.2. The monoisotopic (exact) mass is 346 g/mol. The van der Waals surface area contributed by atoms with Gasteiger partial charge in [-0.2, -0.15) is 8.78 Å². The van der Waals surface area contributed by atoms with Crippen LogP contribution in [0.1, 0.15) is 0 Å². The molecule has 21 heavy (non-hydrogen) atoms. The molecular formula is C9H10F4N4O2S2. The number of imidazole rings is 1. The number of hydrogen-bond donors (Lipinski definition) is 2. The summed E-state index contributed by atoms with van der Waals surface area (Å²) in [5, 5.41) is 3.66. The predicted octanol–water partition coefficient (Wildman–Crippen LogP) is 1.62. The maximum Gasteiger partial charge on any atom is 0.320 e. The molecule has 0 aliphatic heterocycles. The quantitative estimate of drug-likeness (QED) is 0.780. The maximum atomic E-state index is 12.8. The van der Waals surface area contributed by atoms with Crippen LogP contribution in [0.2, 0.25) is 0 Å². The summed E-state index contributed by atoms with van der Waals surface area (Å²) < 4.78 is 76.6. The summed E-state index contributed by atoms with van der Waals surface area (Å²) >= 11 is 1.13. The molecule has 0 aromatic carbocycles. The second-order valence-corrected chi connectivity index (χ2v) is 6.51. The van der Waals surface area contributed by atoms with Crippen molar-refractivity contribution in [3.8, 4) is 0 Å². The second-order valence-electron chi connectivity index (χ2n) is 3.96. The minimum Gasteiger partial charge on any atom is -0.371 e. The van der Waals surface area contributed by atoms with Gasteiger partial charge in [-0.25, -0.2) is 26.9 Å². The summed E-state index contributed by atoms with van der Waals surface area (Å²) in [6.07, 6.45) is -2.58. The number of fused-ring (bicyclic) bond motifs is 1. The van der Waals surface area contributed by atoms with Crippen molar-refractivity contribution in [2.24, 2.45) is 0 Å². The van der Waals surface area contributed by atoms with E-state index in [9.17, 15) is 26.0 Å². The van der Waals surface area contributed by atoms with E-state index in [1.54, 1.807) is 5.38 Å². The van der Waals surface area contributed by atoms with E-state index in [2.05, 4.69) is 10.3 Å². The fourth-order valence-corrected chi connectivity index (χ4v) is 3.62. The van der Waals surface area contributed by atoms with Crippen LogP contribution in [0.25, 0.3) is 4.96 Å². The maximum absolute atomic E-state index is 12.8. The van der Waals surface area contributed by atoms with E-state index < -0.39 is 33.9 Å². The van der Waals surface area contributed by atoms with Crippen molar-refractivity contribution in [1.29, 1.82) is 0 Å². The number of nitrogens with one attached hydrogen (secondary N) is 2. The Morgan fingerprint density at radius 3 is 2.71 bits per heavy atom. The molecule has 2 heterocycles. The molecule has 0 unspecified atom stereocenters. The van der Waals surface area contributed by atoms with Gasteiger partial charge in [-0.3, -0.25) is 4.40 Å². The Balaban J connectivity index is 2.36. The Kier molecular flexibility index (Phi) is 4.13. The molecule has 6 nitrogen and oxygen atoms in total. The van der Waals surface area contributed by atoms with Crippen LogP contribution in [-0.2, 0) is 10.0 Å². The lowest BCUT2D eigenvalue weighted by molar-refractivity contribution is -0.122. The van der Waals surface area contributed by atoms with Crippen LogP contribution in [0.5, 0.6) is 0 Å². The third-order valence-corrected chi connectivity index (χ3v) is 4.71. The highest BCUT2D eigenvalue weighted by atomic mass is 32.2. The number of rotatable bonds is 6. The molecule has 12 heteroatoms. The Hall–Kier alpha value is -1.40. The smallest absolute Gasteiger partial charge is 0.320 e. The number of halogens is 4. The first-order chi connectivity index (χ1) is 9.69. The minimum atomic E-state index is -4.45. The van der Waals surface area contributed by atoms with Gasteiger partial charge in [0, 0.05) is 18.6 Å². The van der Waals surface area contributed by atoms with Crippen LogP contribution in [0.4, 0.5) is 23.4 Å². The number of hydrogen-bond acceptors (Lipinski definition) is 5. The lowest BCUT2D eigenvalue weighted by Gasteiger charge is -2.16. The molecule has 2 aromatic rings. The van der Waals surface area contributed by atoms with Crippen molar-refractivity contribution in [2.45, 2.75) is 17.4 Å². The Morgan fingerprint density at radius 1 is 1.48 bits per heavy atom. The zero-order valence-electron chi connectivity index (χ0n) is 10.5. The van der Waals surface area contributed by atoms with Gasteiger partial charge in [0.25, 0.3) is 10.0 Å². The summed E-state index contributed by atoms with van der Waals surface area (Å²) in [4.78, 5) is 4.27. The first-order valence-corrected chi connectivity index (χ1v) is 7.84. The summed E-state index contributed by atoms with van der Waals surface area (Å²) in [5.74, 6) is -4.51. The third-order valence-electron chi connectivity index (χ3n) is 2.53. The summed E-state index contributed by atoms with van der Waals surface area (Å²) in [5.41, 5.74) is 0. The van der Waals surface area contributed by atoms with E-state index >= 15 is 0 Å². The van der Waals surface area contributed by atoms with Crippen LogP contribution >= 0.6 is 11.3 Å². The van der Waals surface area contributed by atoms with Crippen LogP contribution in [-0.4, -0.2) is 43.7 Å². The van der Waals surface area contributed by atoms with Crippen molar-refractivity contribution < 1.29 is 26.0 Å². The standard InChI is InChI=1S/C9H10F4N4O2S2/c1-14-5-6(17-2-3-20-8(17)16-5)21(18,19)15-4-9(12,13)7(10)11/h2-3,7,14-15H,4H2,1H3. The van der Waals surface area contributed by atoms with Gasteiger partial charge in [-0.1, -0.05) is 0 Å². The van der Waals surface area contributed by atoms with Gasteiger partial charge < -0.3 is 5.32 Å². The zero-order chi connectivity index (χ0) is 15.8. The number of aromatic nitrogens is 2. The molecule has 0 radical (unpaired) electrons. The predicted molar refractivity (Wildman–Crippen MR) is 68.8 cm³/mol. The number of sulfonamides is 1. The fraction of sp³-hybridized carbons (Fsp3) is 0.444. The van der Waals surface area contributed by atoms with Crippen LogP contribution in [0, 0.1) is 0 Å². The summed E-state index contributed by atoms with van der Waals surface area (Å²) in [6, 6.07) is 0. The highest BCUT2D eigenvalue weighted by Gasteiger charge is 2.42. The minimum absolute atomic E-state index is 0.0605. The SMILES string of the molecule is CNc1nc2sccn2c1S(=O)(=O)NCC(F)(F)C(F)F. The second kappa shape index (κ2) is 5.42. The van der Waals surface area contributed by atoms with Gasteiger partial charge in [-0.15, -0.1) is 11.3 Å². The van der Waals surface area contributed by atoms with Crippen LogP contribution in [0.3, 0.4) is 0 Å². The van der Waals surface area contributed by atoms with Crippen molar-refractivity contribution >= 4 is 32.1 Å². The topological polar surface area (TPSA) is 75.5 Å². The number of alkyl halides is 4. The van der Waals surface area contributed by atoms with Gasteiger partial charge in [0.05, 0.1) is 6.54 Å². The highest BCUT2D eigenvalue weighted by Crippen LogP contribution is 2.27. The molecule has 0 aliphatic carbocycles. The van der Waals surface area contributed by atoms with Crippen molar-refractivity contribution in [3.05, 3.63) is 11.6 Å². The average molecular weight is 346 g/mol. The van der Waals surface area contributed by atoms with Crippen LogP contribution < -0.4 is 10.0 Å². The van der Waals surface area contributed by atoms with Gasteiger partial charge in [-0.05, 0) is 0 Å². The number of anilines is 1. The molecule has 0 atom stereocenters. The van der Waals surface area contributed by atoms with E-state index in [0.29, 0.717) is 4.96 Å². The molecule has 0 spiro atoms. The van der Waals surface area contributed by atoms with E-state index in [1.165, 1.54) is 22.4 Å². The highest BCUT2D eigenvalue weighted by molar-refractivity contribution is 7.89. The molecular weight excluding hydrogens is 336 g/mol. The third kappa shape index (κ3) is 2.96. The zero-order valence-corrected chi connectivity index (χ0v) is 12.1. The van der Waals surface area contributed by atoms with E-state index in [0.717, 1.165) is 11.3 Å². The summed E-state index contributed by atoms with van der Waals surface area (Å²) in [7, 11) is -3.04. The largest absolute Gasteiger partial charge is 0.371 e. The molecule has 0 fully saturated rings. The number of nitrogens with zero attached hydrogens (tertiary/aromatic N) is 2. The van der Waals surface area contributed by atoms with Crippen molar-refractivity contribution in [2.75, 3.05) is 18.9 Å². The molecule has 0 saturated carbocycles. The lowest BCUT2D eigenvalue weighted by Crippen LogP contribution is -2.41. The van der Waals surface area contributed by atoms with Gasteiger partial charge in [0.15, 0.2) is 15.8 Å². The molecule has 0 bridgehead atoms. The van der Waals surface area contributed by atoms with Gasteiger partial charge in [0.1, 0.15) is 0 Å². The van der Waals surface area contributed by atoms with Crippen molar-refractivity contribution in [3.63, 3.8) is 0 Å². The summed E-state index contributed by atoms with van der Waals surface area (Å²) in [6.45, 7) is -1.70. The van der Waals surface area contributed by atoms with E-state index in [-0.39, 0.29) is 5.82 Å². The molecule has 0 saturated heterocycles. The Labute approximate surface area is 120 Å². The molecule has 2 rings (SSSR count). The van der Waals surface area contributed by atoms with Crippen molar-refractivity contribution in [1.82, 2.24) is 14.1 Å². The molecule has 0 aliphatic rings. The average Bonchev–Trinajstić information content (AvgIpc) is 2.95. The van der Waals surface area contributed by atoms with Gasteiger partial charge in [0.2, 0.25) is 0 Å². The lowest BCUT2D eigenvalue weighted by atomic mass is 10.4. The molecule has 118 valence electrons. The molecule has 2 aromatic heterocycles.